The minimum absolute atomic E-state index is 0.104. The molecule has 0 bridgehead atoms. The van der Waals surface area contributed by atoms with Crippen molar-refractivity contribution in [2.75, 3.05) is 5.32 Å². The molecule has 0 saturated heterocycles. The lowest BCUT2D eigenvalue weighted by atomic mass is 10.2. The largest absolute Gasteiger partial charge is 0.358 e. The average molecular weight is 308 g/mol. The van der Waals surface area contributed by atoms with Crippen LogP contribution in [0.15, 0.2) is 28.4 Å². The highest BCUT2D eigenvalue weighted by Crippen LogP contribution is 2.30. The van der Waals surface area contributed by atoms with Crippen molar-refractivity contribution in [1.82, 2.24) is 0 Å². The smallest absolute Gasteiger partial charge is 0.145 e. The second-order valence-corrected chi connectivity index (χ2v) is 4.17. The lowest BCUT2D eigenvalue weighted by molar-refractivity contribution is 1.43. The predicted octanol–water partition coefficient (Wildman–Crippen LogP) is 3.32. The van der Waals surface area contributed by atoms with Crippen molar-refractivity contribution in [2.45, 2.75) is 0 Å². The number of benzene rings is 1. The number of allylic oxidation sites excluding steroid dienone is 1. The van der Waals surface area contributed by atoms with Gasteiger partial charge < -0.3 is 5.32 Å². The van der Waals surface area contributed by atoms with Gasteiger partial charge >= 0.3 is 0 Å². The number of nitrogens with zero attached hydrogens (tertiary/aromatic N) is 3. The van der Waals surface area contributed by atoms with Crippen molar-refractivity contribution in [3.8, 4) is 18.2 Å². The zero-order valence-corrected chi connectivity index (χ0v) is 10.7. The first-order chi connectivity index (χ1) is 8.12. The molecule has 0 fully saturated rings. The second kappa shape index (κ2) is 5.92. The first-order valence-corrected chi connectivity index (χ1v) is 5.45. The standard InChI is InChI=1S/C11H4BrClN4/c12-9-1-8(5-16)11(10(13)2-9)17-6-7(3-14)4-15/h1-2,6,17H. The number of halogens is 2. The van der Waals surface area contributed by atoms with Crippen LogP contribution in [0.2, 0.25) is 5.02 Å². The molecular weight excluding hydrogens is 304 g/mol. The first-order valence-electron chi connectivity index (χ1n) is 4.28. The van der Waals surface area contributed by atoms with Crippen molar-refractivity contribution in [3.63, 3.8) is 0 Å². The lowest BCUT2D eigenvalue weighted by Gasteiger charge is -2.06. The van der Waals surface area contributed by atoms with Gasteiger partial charge in [-0.1, -0.05) is 27.5 Å². The molecule has 0 spiro atoms. The van der Waals surface area contributed by atoms with E-state index in [1.807, 2.05) is 6.07 Å². The van der Waals surface area contributed by atoms with E-state index in [9.17, 15) is 0 Å². The summed E-state index contributed by atoms with van der Waals surface area (Å²) in [5.74, 6) is 0. The lowest BCUT2D eigenvalue weighted by Crippen LogP contribution is -1.94. The molecule has 1 rings (SSSR count). The summed E-state index contributed by atoms with van der Waals surface area (Å²) in [6.45, 7) is 0. The highest BCUT2D eigenvalue weighted by Gasteiger charge is 2.07. The first kappa shape index (κ1) is 13.1. The molecule has 0 amide bonds. The normalized spacial score (nSPS) is 8.41. The summed E-state index contributed by atoms with van der Waals surface area (Å²) in [5.41, 5.74) is 0.573. The van der Waals surface area contributed by atoms with Crippen LogP contribution in [0.4, 0.5) is 5.69 Å². The average Bonchev–Trinajstić information content (AvgIpc) is 2.31. The van der Waals surface area contributed by atoms with Crippen LogP contribution in [0.1, 0.15) is 5.56 Å². The molecule has 0 aliphatic carbocycles. The summed E-state index contributed by atoms with van der Waals surface area (Å²) in [4.78, 5) is 0. The number of nitriles is 3. The van der Waals surface area contributed by atoms with Gasteiger partial charge in [-0.25, -0.2) is 0 Å². The van der Waals surface area contributed by atoms with Gasteiger partial charge in [0.15, 0.2) is 0 Å². The van der Waals surface area contributed by atoms with Crippen LogP contribution in [0.25, 0.3) is 0 Å². The van der Waals surface area contributed by atoms with Crippen LogP contribution in [0, 0.1) is 34.0 Å². The van der Waals surface area contributed by atoms with Gasteiger partial charge in [-0.3, -0.25) is 0 Å². The Morgan fingerprint density at radius 2 is 1.94 bits per heavy atom. The molecule has 0 atom stereocenters. The van der Waals surface area contributed by atoms with Crippen molar-refractivity contribution in [2.24, 2.45) is 0 Å². The topological polar surface area (TPSA) is 83.4 Å². The van der Waals surface area contributed by atoms with E-state index in [0.29, 0.717) is 20.7 Å². The molecule has 82 valence electrons. The molecule has 0 radical (unpaired) electrons. The quantitative estimate of drug-likeness (QED) is 0.849. The molecule has 1 aromatic carbocycles. The van der Waals surface area contributed by atoms with Crippen molar-refractivity contribution in [3.05, 3.63) is 39.0 Å². The van der Waals surface area contributed by atoms with Crippen LogP contribution < -0.4 is 5.32 Å². The summed E-state index contributed by atoms with van der Waals surface area (Å²) in [7, 11) is 0. The summed E-state index contributed by atoms with van der Waals surface area (Å²) in [6.07, 6.45) is 1.20. The van der Waals surface area contributed by atoms with Gasteiger partial charge in [-0.2, -0.15) is 15.8 Å². The summed E-state index contributed by atoms with van der Waals surface area (Å²) >= 11 is 9.16. The fraction of sp³-hybridized carbons (Fsp3) is 0. The highest BCUT2D eigenvalue weighted by molar-refractivity contribution is 9.10. The van der Waals surface area contributed by atoms with Crippen LogP contribution >= 0.6 is 27.5 Å². The van der Waals surface area contributed by atoms with Crippen molar-refractivity contribution >= 4 is 33.2 Å². The Kier molecular flexibility index (Phi) is 4.55. The van der Waals surface area contributed by atoms with Gasteiger partial charge in [0.05, 0.1) is 16.3 Å². The molecule has 17 heavy (non-hydrogen) atoms. The number of rotatable bonds is 2. The molecule has 0 saturated carbocycles. The van der Waals surface area contributed by atoms with E-state index in [-0.39, 0.29) is 5.57 Å². The summed E-state index contributed by atoms with van der Waals surface area (Å²) in [6, 6.07) is 8.54. The Balaban J connectivity index is 3.18. The van der Waals surface area contributed by atoms with E-state index in [0.717, 1.165) is 0 Å². The molecule has 0 unspecified atom stereocenters. The molecule has 0 aliphatic heterocycles. The van der Waals surface area contributed by atoms with E-state index in [1.165, 1.54) is 6.20 Å². The van der Waals surface area contributed by atoms with Crippen LogP contribution in [0.3, 0.4) is 0 Å². The molecule has 1 aromatic rings. The SMILES string of the molecule is N#CC(C#N)=CNc1c(Cl)cc(Br)cc1C#N. The number of anilines is 1. The minimum Gasteiger partial charge on any atom is -0.358 e. The van der Waals surface area contributed by atoms with E-state index >= 15 is 0 Å². The Hall–Kier alpha value is -2.00. The zero-order chi connectivity index (χ0) is 12.8. The van der Waals surface area contributed by atoms with E-state index in [1.54, 1.807) is 24.3 Å². The number of hydrogen-bond donors (Lipinski definition) is 1. The Labute approximate surface area is 111 Å². The Morgan fingerprint density at radius 1 is 1.29 bits per heavy atom. The Morgan fingerprint density at radius 3 is 2.47 bits per heavy atom. The fourth-order valence-corrected chi connectivity index (χ4v) is 1.91. The predicted molar refractivity (Wildman–Crippen MR) is 66.8 cm³/mol. The molecular formula is C11H4BrClN4. The molecule has 1 N–H and O–H groups in total. The Bertz CT molecular complexity index is 586. The van der Waals surface area contributed by atoms with Gasteiger partial charge in [0.1, 0.15) is 23.8 Å². The molecule has 6 heteroatoms. The van der Waals surface area contributed by atoms with E-state index in [4.69, 9.17) is 27.4 Å². The van der Waals surface area contributed by atoms with E-state index < -0.39 is 0 Å². The van der Waals surface area contributed by atoms with Gasteiger partial charge in [0.25, 0.3) is 0 Å². The van der Waals surface area contributed by atoms with Crippen LogP contribution in [0.5, 0.6) is 0 Å². The maximum atomic E-state index is 8.93. The highest BCUT2D eigenvalue weighted by atomic mass is 79.9. The summed E-state index contributed by atoms with van der Waals surface area (Å²) in [5, 5.41) is 29.0. The second-order valence-electron chi connectivity index (χ2n) is 2.85. The third-order valence-corrected chi connectivity index (χ3v) is 2.53. The number of nitrogens with one attached hydrogen (secondary N) is 1. The minimum atomic E-state index is -0.104. The monoisotopic (exact) mass is 306 g/mol. The third-order valence-electron chi connectivity index (χ3n) is 1.78. The fourth-order valence-electron chi connectivity index (χ4n) is 1.04. The maximum absolute atomic E-state index is 8.93. The zero-order valence-electron chi connectivity index (χ0n) is 8.33. The van der Waals surface area contributed by atoms with Crippen molar-refractivity contribution < 1.29 is 0 Å². The molecule has 0 aliphatic rings. The maximum Gasteiger partial charge on any atom is 0.145 e. The third kappa shape index (κ3) is 3.23. The molecule has 0 heterocycles. The summed E-state index contributed by atoms with van der Waals surface area (Å²) < 4.78 is 0.675. The molecule has 0 aromatic heterocycles. The van der Waals surface area contributed by atoms with Crippen LogP contribution in [-0.4, -0.2) is 0 Å². The number of hydrogen-bond acceptors (Lipinski definition) is 4. The van der Waals surface area contributed by atoms with Gasteiger partial charge in [-0.05, 0) is 12.1 Å². The van der Waals surface area contributed by atoms with Gasteiger partial charge in [0.2, 0.25) is 0 Å². The van der Waals surface area contributed by atoms with E-state index in [2.05, 4.69) is 21.2 Å². The van der Waals surface area contributed by atoms with Crippen molar-refractivity contribution in [1.29, 1.82) is 15.8 Å². The molecule has 4 nitrogen and oxygen atoms in total. The van der Waals surface area contributed by atoms with Crippen LogP contribution in [-0.2, 0) is 0 Å². The van der Waals surface area contributed by atoms with Gasteiger partial charge in [-0.15, -0.1) is 0 Å². The van der Waals surface area contributed by atoms with Gasteiger partial charge in [0, 0.05) is 10.7 Å².